The molecular formula is C16H20N4O. The van der Waals surface area contributed by atoms with Gasteiger partial charge in [0, 0.05) is 38.3 Å². The fourth-order valence-electron chi connectivity index (χ4n) is 3.03. The highest BCUT2D eigenvalue weighted by atomic mass is 16.2. The van der Waals surface area contributed by atoms with Gasteiger partial charge >= 0.3 is 0 Å². The number of aromatic nitrogens is 2. The van der Waals surface area contributed by atoms with Gasteiger partial charge < -0.3 is 10.6 Å². The molecule has 1 aromatic heterocycles. The van der Waals surface area contributed by atoms with Gasteiger partial charge in [-0.1, -0.05) is 30.3 Å². The highest BCUT2D eigenvalue weighted by molar-refractivity contribution is 5.95. The van der Waals surface area contributed by atoms with Crippen LogP contribution in [0.4, 0.5) is 0 Å². The molecule has 5 nitrogen and oxygen atoms in total. The van der Waals surface area contributed by atoms with Crippen molar-refractivity contribution < 1.29 is 4.79 Å². The first-order chi connectivity index (χ1) is 10.1. The molecule has 0 bridgehead atoms. The van der Waals surface area contributed by atoms with Crippen LogP contribution in [0.2, 0.25) is 0 Å². The predicted octanol–water partition coefficient (Wildman–Crippen LogP) is 1.30. The van der Waals surface area contributed by atoms with Crippen molar-refractivity contribution in [3.8, 4) is 0 Å². The Kier molecular flexibility index (Phi) is 3.51. The molecule has 1 aliphatic heterocycles. The van der Waals surface area contributed by atoms with Crippen molar-refractivity contribution in [3.63, 3.8) is 0 Å². The molecule has 1 aromatic carbocycles. The van der Waals surface area contributed by atoms with Crippen molar-refractivity contribution in [2.75, 3.05) is 13.1 Å². The average molecular weight is 284 g/mol. The van der Waals surface area contributed by atoms with Gasteiger partial charge in [-0.2, -0.15) is 5.10 Å². The number of benzene rings is 1. The van der Waals surface area contributed by atoms with E-state index in [1.54, 1.807) is 10.9 Å². The molecule has 5 heteroatoms. The van der Waals surface area contributed by atoms with Gasteiger partial charge in [0.15, 0.2) is 0 Å². The second-order valence-corrected chi connectivity index (χ2v) is 5.69. The van der Waals surface area contributed by atoms with E-state index in [9.17, 15) is 4.79 Å². The first-order valence-electron chi connectivity index (χ1n) is 7.16. The Balaban J connectivity index is 1.80. The molecule has 2 atom stereocenters. The number of hydrogen-bond donors (Lipinski definition) is 1. The Bertz CT molecular complexity index is 650. The Morgan fingerprint density at radius 1 is 1.29 bits per heavy atom. The molecule has 2 aromatic rings. The first-order valence-corrected chi connectivity index (χ1v) is 7.16. The standard InChI is InChI=1S/C16H20N4O/c1-11-13(8-19(2)18-11)16(21)20-9-14(15(17)10-20)12-6-4-3-5-7-12/h3-8,14-15H,9-10,17H2,1-2H3/t14-,15+/m0/s1. The lowest BCUT2D eigenvalue weighted by Gasteiger charge is -2.16. The van der Waals surface area contributed by atoms with E-state index in [0.29, 0.717) is 18.7 Å². The normalized spacial score (nSPS) is 21.8. The summed E-state index contributed by atoms with van der Waals surface area (Å²) in [4.78, 5) is 14.5. The van der Waals surface area contributed by atoms with E-state index in [2.05, 4.69) is 17.2 Å². The van der Waals surface area contributed by atoms with E-state index >= 15 is 0 Å². The van der Waals surface area contributed by atoms with Crippen LogP contribution in [-0.4, -0.2) is 39.7 Å². The average Bonchev–Trinajstić information content (AvgIpc) is 3.02. The van der Waals surface area contributed by atoms with Gasteiger partial charge in [0.05, 0.1) is 11.3 Å². The zero-order valence-electron chi connectivity index (χ0n) is 12.4. The fraction of sp³-hybridized carbons (Fsp3) is 0.375. The van der Waals surface area contributed by atoms with Crippen LogP contribution in [0.25, 0.3) is 0 Å². The van der Waals surface area contributed by atoms with Gasteiger partial charge in [-0.25, -0.2) is 0 Å². The van der Waals surface area contributed by atoms with Gasteiger partial charge in [0.1, 0.15) is 0 Å². The van der Waals surface area contributed by atoms with Crippen molar-refractivity contribution in [1.29, 1.82) is 0 Å². The second-order valence-electron chi connectivity index (χ2n) is 5.69. The Morgan fingerprint density at radius 3 is 2.62 bits per heavy atom. The molecule has 1 aliphatic rings. The van der Waals surface area contributed by atoms with Crippen LogP contribution in [0, 0.1) is 6.92 Å². The topological polar surface area (TPSA) is 64.2 Å². The minimum atomic E-state index is -0.0201. The predicted molar refractivity (Wildman–Crippen MR) is 81.0 cm³/mol. The minimum absolute atomic E-state index is 0.0201. The number of carbonyl (C=O) groups is 1. The van der Waals surface area contributed by atoms with Crippen molar-refractivity contribution in [3.05, 3.63) is 53.3 Å². The molecule has 3 rings (SSSR count). The highest BCUT2D eigenvalue weighted by Gasteiger charge is 2.34. The number of nitrogens with zero attached hydrogens (tertiary/aromatic N) is 3. The van der Waals surface area contributed by atoms with E-state index in [1.165, 1.54) is 5.56 Å². The minimum Gasteiger partial charge on any atom is -0.336 e. The molecule has 0 aliphatic carbocycles. The number of likely N-dealkylation sites (tertiary alicyclic amines) is 1. The van der Waals surface area contributed by atoms with Crippen LogP contribution in [0.15, 0.2) is 36.5 Å². The smallest absolute Gasteiger partial charge is 0.257 e. The number of nitrogens with two attached hydrogens (primary N) is 1. The Labute approximate surface area is 124 Å². The van der Waals surface area contributed by atoms with Gasteiger partial charge in [0.25, 0.3) is 5.91 Å². The molecule has 21 heavy (non-hydrogen) atoms. The Morgan fingerprint density at radius 2 is 2.00 bits per heavy atom. The third-order valence-electron chi connectivity index (χ3n) is 4.12. The van der Waals surface area contributed by atoms with Crippen LogP contribution in [0.3, 0.4) is 0 Å². The van der Waals surface area contributed by atoms with Crippen LogP contribution in [0.1, 0.15) is 27.5 Å². The molecule has 0 unspecified atom stereocenters. The number of rotatable bonds is 2. The summed E-state index contributed by atoms with van der Waals surface area (Å²) in [6.07, 6.45) is 1.78. The lowest BCUT2D eigenvalue weighted by atomic mass is 9.95. The SMILES string of the molecule is Cc1nn(C)cc1C(=O)N1C[C@@H](N)[C@H](c2ccccc2)C1. The van der Waals surface area contributed by atoms with Crippen molar-refractivity contribution in [2.45, 2.75) is 18.9 Å². The number of aryl methyl sites for hydroxylation is 2. The summed E-state index contributed by atoms with van der Waals surface area (Å²) in [5.41, 5.74) is 8.87. The van der Waals surface area contributed by atoms with E-state index in [0.717, 1.165) is 5.69 Å². The van der Waals surface area contributed by atoms with E-state index in [1.807, 2.05) is 37.1 Å². The molecule has 110 valence electrons. The van der Waals surface area contributed by atoms with Crippen molar-refractivity contribution in [2.24, 2.45) is 12.8 Å². The third-order valence-corrected chi connectivity index (χ3v) is 4.12. The van der Waals surface area contributed by atoms with Gasteiger partial charge in [0.2, 0.25) is 0 Å². The summed E-state index contributed by atoms with van der Waals surface area (Å²) in [6.45, 7) is 3.11. The van der Waals surface area contributed by atoms with Crippen molar-refractivity contribution >= 4 is 5.91 Å². The van der Waals surface area contributed by atoms with E-state index in [4.69, 9.17) is 5.73 Å². The highest BCUT2D eigenvalue weighted by Crippen LogP contribution is 2.27. The lowest BCUT2D eigenvalue weighted by molar-refractivity contribution is 0.0788. The summed E-state index contributed by atoms with van der Waals surface area (Å²) in [6, 6.07) is 10.1. The molecule has 2 heterocycles. The summed E-state index contributed by atoms with van der Waals surface area (Å²) >= 11 is 0. The summed E-state index contributed by atoms with van der Waals surface area (Å²) < 4.78 is 1.67. The Hall–Kier alpha value is -2.14. The molecule has 0 radical (unpaired) electrons. The van der Waals surface area contributed by atoms with E-state index in [-0.39, 0.29) is 17.9 Å². The number of carbonyl (C=O) groups excluding carboxylic acids is 1. The van der Waals surface area contributed by atoms with Crippen LogP contribution in [-0.2, 0) is 7.05 Å². The molecule has 2 N–H and O–H groups in total. The maximum absolute atomic E-state index is 12.6. The molecule has 1 amide bonds. The largest absolute Gasteiger partial charge is 0.336 e. The molecule has 0 spiro atoms. The molecule has 1 fully saturated rings. The van der Waals surface area contributed by atoms with Crippen molar-refractivity contribution in [1.82, 2.24) is 14.7 Å². The first kappa shape index (κ1) is 13.8. The quantitative estimate of drug-likeness (QED) is 0.904. The summed E-state index contributed by atoms with van der Waals surface area (Å²) in [5.74, 6) is 0.224. The second kappa shape index (κ2) is 5.33. The van der Waals surface area contributed by atoms with Gasteiger partial charge in [-0.3, -0.25) is 9.48 Å². The maximum atomic E-state index is 12.6. The van der Waals surface area contributed by atoms with Crippen LogP contribution in [0.5, 0.6) is 0 Å². The maximum Gasteiger partial charge on any atom is 0.257 e. The number of hydrogen-bond acceptors (Lipinski definition) is 3. The summed E-state index contributed by atoms with van der Waals surface area (Å²) in [5, 5.41) is 4.24. The van der Waals surface area contributed by atoms with Gasteiger partial charge in [-0.05, 0) is 12.5 Å². The number of amides is 1. The zero-order valence-corrected chi connectivity index (χ0v) is 12.4. The third kappa shape index (κ3) is 2.56. The zero-order chi connectivity index (χ0) is 15.0. The molecule has 0 saturated carbocycles. The van der Waals surface area contributed by atoms with Gasteiger partial charge in [-0.15, -0.1) is 0 Å². The van der Waals surface area contributed by atoms with E-state index < -0.39 is 0 Å². The monoisotopic (exact) mass is 284 g/mol. The lowest BCUT2D eigenvalue weighted by Crippen LogP contribution is -2.32. The molecule has 1 saturated heterocycles. The summed E-state index contributed by atoms with van der Waals surface area (Å²) in [7, 11) is 1.83. The molecular weight excluding hydrogens is 264 g/mol. The fourth-order valence-corrected chi connectivity index (χ4v) is 3.03. The van der Waals surface area contributed by atoms with Crippen LogP contribution >= 0.6 is 0 Å². The van der Waals surface area contributed by atoms with Crippen LogP contribution < -0.4 is 5.73 Å².